The second-order valence-electron chi connectivity index (χ2n) is 5.80. The Morgan fingerprint density at radius 1 is 1.00 bits per heavy atom. The topological polar surface area (TPSA) is 145 Å². The Morgan fingerprint density at radius 3 is 1.81 bits per heavy atom. The molecular weight excluding hydrogens is 344 g/mol. The Bertz CT molecular complexity index is 821. The Hall–Kier alpha value is -3.44. The monoisotopic (exact) mass is 366 g/mol. The van der Waals surface area contributed by atoms with Crippen molar-refractivity contribution in [1.29, 1.82) is 0 Å². The highest BCUT2D eigenvalue weighted by molar-refractivity contribution is 5.96. The minimum absolute atomic E-state index is 0.137. The number of nitrogens with two attached hydrogens (primary N) is 1. The number of amides is 2. The van der Waals surface area contributed by atoms with Crippen LogP contribution in [0, 0.1) is 10.1 Å². The Kier molecular flexibility index (Phi) is 6.41. The predicted octanol–water partition coefficient (Wildman–Crippen LogP) is -0.266. The van der Waals surface area contributed by atoms with Gasteiger partial charge in [0, 0.05) is 48.5 Å². The van der Waals surface area contributed by atoms with Crippen molar-refractivity contribution < 1.29 is 14.5 Å². The minimum atomic E-state index is -0.621. The van der Waals surface area contributed by atoms with Crippen LogP contribution in [0.5, 0.6) is 0 Å². The number of nitrogen functional groups attached to an aromatic ring is 1. The van der Waals surface area contributed by atoms with E-state index in [0.29, 0.717) is 11.4 Å². The Balaban J connectivity index is 0.000000263. The molecule has 0 saturated carbocycles. The fraction of sp³-hybridized carbons (Fsp3) is 0.429. The van der Waals surface area contributed by atoms with Gasteiger partial charge in [-0.2, -0.15) is 10.2 Å². The minimum Gasteiger partial charge on any atom is -0.396 e. The fourth-order valence-electron chi connectivity index (χ4n) is 1.86. The SMILES string of the molecule is CN(C)C(=O)c1nn(C)cc1N.CN(C)C(=O)c1nn(C)cc1[N+](=O)[O-]. The molecule has 0 saturated heterocycles. The molecule has 0 unspecified atom stereocenters. The highest BCUT2D eigenvalue weighted by Gasteiger charge is 2.25. The molecule has 0 aliphatic heterocycles. The first kappa shape index (κ1) is 20.6. The number of rotatable bonds is 3. The highest BCUT2D eigenvalue weighted by Crippen LogP contribution is 2.16. The Morgan fingerprint density at radius 2 is 1.42 bits per heavy atom. The molecule has 0 aromatic carbocycles. The number of carbonyl (C=O) groups is 2. The summed E-state index contributed by atoms with van der Waals surface area (Å²) in [6.45, 7) is 0. The van der Waals surface area contributed by atoms with E-state index >= 15 is 0 Å². The number of nitro groups is 1. The molecule has 0 aliphatic carbocycles. The van der Waals surface area contributed by atoms with E-state index in [-0.39, 0.29) is 17.3 Å². The molecule has 12 heteroatoms. The van der Waals surface area contributed by atoms with Crippen molar-refractivity contribution in [1.82, 2.24) is 29.4 Å². The van der Waals surface area contributed by atoms with Crippen molar-refractivity contribution in [3.05, 3.63) is 33.9 Å². The standard InChI is InChI=1S/C7H10N4O3.C7H12N4O/c1-9(2)7(12)6-5(11(13)14)4-10(3)8-6;1-10(2)7(12)6-5(8)4-11(3)9-6/h4H,1-3H3;4H,8H2,1-3H3. The van der Waals surface area contributed by atoms with Gasteiger partial charge in [0.2, 0.25) is 5.69 Å². The maximum atomic E-state index is 11.4. The van der Waals surface area contributed by atoms with Gasteiger partial charge < -0.3 is 15.5 Å². The molecule has 2 aromatic heterocycles. The third-order valence-corrected chi connectivity index (χ3v) is 3.08. The average molecular weight is 366 g/mol. The van der Waals surface area contributed by atoms with Crippen LogP contribution in [-0.4, -0.2) is 74.3 Å². The van der Waals surface area contributed by atoms with Crippen LogP contribution in [0.2, 0.25) is 0 Å². The molecule has 0 bridgehead atoms. The lowest BCUT2D eigenvalue weighted by Crippen LogP contribution is -2.23. The second kappa shape index (κ2) is 8.09. The summed E-state index contributed by atoms with van der Waals surface area (Å²) in [5.74, 6) is -0.648. The van der Waals surface area contributed by atoms with Crippen molar-refractivity contribution in [3.8, 4) is 0 Å². The van der Waals surface area contributed by atoms with Crippen LogP contribution < -0.4 is 5.73 Å². The van der Waals surface area contributed by atoms with Crippen molar-refractivity contribution in [2.45, 2.75) is 0 Å². The van der Waals surface area contributed by atoms with Gasteiger partial charge in [0.1, 0.15) is 6.20 Å². The summed E-state index contributed by atoms with van der Waals surface area (Å²) >= 11 is 0. The zero-order valence-electron chi connectivity index (χ0n) is 15.5. The molecule has 2 amide bonds. The van der Waals surface area contributed by atoms with Gasteiger partial charge in [-0.1, -0.05) is 0 Å². The summed E-state index contributed by atoms with van der Waals surface area (Å²) in [4.78, 5) is 35.4. The van der Waals surface area contributed by atoms with E-state index in [0.717, 1.165) is 0 Å². The molecule has 2 N–H and O–H groups in total. The highest BCUT2D eigenvalue weighted by atomic mass is 16.6. The van der Waals surface area contributed by atoms with E-state index in [1.807, 2.05) is 0 Å². The molecule has 0 spiro atoms. The van der Waals surface area contributed by atoms with Crippen LogP contribution in [0.25, 0.3) is 0 Å². The van der Waals surface area contributed by atoms with Crippen LogP contribution in [0.15, 0.2) is 12.4 Å². The van der Waals surface area contributed by atoms with Gasteiger partial charge in [0.05, 0.1) is 10.6 Å². The first-order chi connectivity index (χ1) is 12.0. The molecule has 142 valence electrons. The van der Waals surface area contributed by atoms with E-state index in [1.54, 1.807) is 27.3 Å². The number of aryl methyl sites for hydroxylation is 2. The zero-order valence-corrected chi connectivity index (χ0v) is 15.5. The van der Waals surface area contributed by atoms with Gasteiger partial charge >= 0.3 is 5.69 Å². The molecule has 0 aliphatic rings. The molecule has 2 heterocycles. The largest absolute Gasteiger partial charge is 0.396 e. The summed E-state index contributed by atoms with van der Waals surface area (Å²) < 4.78 is 2.76. The predicted molar refractivity (Wildman–Crippen MR) is 93.5 cm³/mol. The number of carbonyl (C=O) groups excluding carboxylic acids is 2. The van der Waals surface area contributed by atoms with Crippen LogP contribution in [0.1, 0.15) is 21.0 Å². The van der Waals surface area contributed by atoms with Crippen LogP contribution in [-0.2, 0) is 14.1 Å². The summed E-state index contributed by atoms with van der Waals surface area (Å²) in [5.41, 5.74) is 5.86. The van der Waals surface area contributed by atoms with Gasteiger partial charge in [-0.3, -0.25) is 29.1 Å². The smallest absolute Gasteiger partial charge is 0.320 e. The zero-order chi connectivity index (χ0) is 20.2. The first-order valence-corrected chi connectivity index (χ1v) is 7.36. The van der Waals surface area contributed by atoms with Crippen LogP contribution in [0.4, 0.5) is 11.4 Å². The van der Waals surface area contributed by atoms with E-state index in [2.05, 4.69) is 10.2 Å². The maximum absolute atomic E-state index is 11.4. The lowest BCUT2D eigenvalue weighted by atomic mass is 10.3. The lowest BCUT2D eigenvalue weighted by Gasteiger charge is -2.07. The molecule has 0 fully saturated rings. The van der Waals surface area contributed by atoms with Crippen molar-refractivity contribution in [2.24, 2.45) is 14.1 Å². The number of hydrogen-bond donors (Lipinski definition) is 1. The van der Waals surface area contributed by atoms with Gasteiger partial charge in [-0.15, -0.1) is 0 Å². The van der Waals surface area contributed by atoms with E-state index in [4.69, 9.17) is 5.73 Å². The van der Waals surface area contributed by atoms with E-state index in [1.165, 1.54) is 46.5 Å². The molecule has 2 aromatic rings. The number of aromatic nitrogens is 4. The molecule has 2 rings (SSSR count). The van der Waals surface area contributed by atoms with E-state index in [9.17, 15) is 19.7 Å². The fourth-order valence-corrected chi connectivity index (χ4v) is 1.86. The molecule has 26 heavy (non-hydrogen) atoms. The lowest BCUT2D eigenvalue weighted by molar-refractivity contribution is -0.385. The van der Waals surface area contributed by atoms with Crippen LogP contribution >= 0.6 is 0 Å². The van der Waals surface area contributed by atoms with Gasteiger partial charge in [-0.25, -0.2) is 0 Å². The molecular formula is C14H22N8O4. The summed E-state index contributed by atoms with van der Waals surface area (Å²) in [6, 6.07) is 0. The first-order valence-electron chi connectivity index (χ1n) is 7.36. The third kappa shape index (κ3) is 4.78. The molecule has 0 radical (unpaired) electrons. The second-order valence-corrected chi connectivity index (χ2v) is 5.80. The molecule has 12 nitrogen and oxygen atoms in total. The number of nitrogens with zero attached hydrogens (tertiary/aromatic N) is 7. The quantitative estimate of drug-likeness (QED) is 0.581. The van der Waals surface area contributed by atoms with Crippen molar-refractivity contribution in [2.75, 3.05) is 33.9 Å². The maximum Gasteiger partial charge on any atom is 0.320 e. The summed E-state index contributed by atoms with van der Waals surface area (Å²) in [7, 11) is 9.61. The van der Waals surface area contributed by atoms with Gasteiger partial charge in [0.15, 0.2) is 5.69 Å². The number of hydrogen-bond acceptors (Lipinski definition) is 7. The normalized spacial score (nSPS) is 9.92. The molecule has 0 atom stereocenters. The summed E-state index contributed by atoms with van der Waals surface area (Å²) in [5, 5.41) is 18.2. The summed E-state index contributed by atoms with van der Waals surface area (Å²) in [6.07, 6.45) is 2.81. The Labute approximate surface area is 149 Å². The third-order valence-electron chi connectivity index (χ3n) is 3.08. The van der Waals surface area contributed by atoms with E-state index < -0.39 is 10.8 Å². The number of anilines is 1. The average Bonchev–Trinajstić information content (AvgIpc) is 3.08. The van der Waals surface area contributed by atoms with Gasteiger partial charge in [0.25, 0.3) is 11.8 Å². The van der Waals surface area contributed by atoms with Crippen LogP contribution in [0.3, 0.4) is 0 Å². The van der Waals surface area contributed by atoms with Crippen molar-refractivity contribution in [3.63, 3.8) is 0 Å². The van der Waals surface area contributed by atoms with Gasteiger partial charge in [-0.05, 0) is 0 Å². The van der Waals surface area contributed by atoms with Crippen molar-refractivity contribution >= 4 is 23.2 Å².